The van der Waals surface area contributed by atoms with Crippen molar-refractivity contribution in [2.45, 2.75) is 38.0 Å². The molecule has 2 aliphatic rings. The van der Waals surface area contributed by atoms with Crippen LogP contribution in [0.5, 0.6) is 5.75 Å². The number of aliphatic hydroxyl groups is 1. The predicted molar refractivity (Wildman–Crippen MR) is 126 cm³/mol. The van der Waals surface area contributed by atoms with Crippen molar-refractivity contribution in [2.24, 2.45) is 0 Å². The Kier molecular flexibility index (Phi) is 6.13. The summed E-state index contributed by atoms with van der Waals surface area (Å²) in [5.41, 5.74) is -0.848. The van der Waals surface area contributed by atoms with E-state index in [2.05, 4.69) is 5.32 Å². The zero-order valence-corrected chi connectivity index (χ0v) is 19.6. The van der Waals surface area contributed by atoms with E-state index in [0.717, 1.165) is 11.6 Å². The Labute approximate surface area is 205 Å². The molecule has 0 bridgehead atoms. The van der Waals surface area contributed by atoms with Gasteiger partial charge in [0.25, 0.3) is 0 Å². The minimum absolute atomic E-state index is 0.0191. The summed E-state index contributed by atoms with van der Waals surface area (Å²) < 4.78 is 33.4. The Balaban J connectivity index is 1.55. The van der Waals surface area contributed by atoms with Gasteiger partial charge in [-0.25, -0.2) is 14.0 Å². The SMILES string of the molecule is CCOC(=O)c1cn2c3c(c(C4(NC(=O)OCc5ccccc5)CC4)c(F)cc3c1=O)OCC2CO. The van der Waals surface area contributed by atoms with Crippen LogP contribution in [0.1, 0.15) is 47.3 Å². The minimum atomic E-state index is -1.06. The number of hydrogen-bond acceptors (Lipinski definition) is 7. The number of nitrogens with zero attached hydrogens (tertiary/aromatic N) is 1. The molecule has 9 nitrogen and oxygen atoms in total. The smallest absolute Gasteiger partial charge is 0.408 e. The Morgan fingerprint density at radius 3 is 2.67 bits per heavy atom. The molecule has 10 heteroatoms. The summed E-state index contributed by atoms with van der Waals surface area (Å²) in [6.07, 6.45) is 1.50. The number of halogens is 1. The van der Waals surface area contributed by atoms with Gasteiger partial charge >= 0.3 is 12.1 Å². The van der Waals surface area contributed by atoms with Crippen LogP contribution < -0.4 is 15.5 Å². The molecule has 2 N–H and O–H groups in total. The maximum absolute atomic E-state index is 15.6. The van der Waals surface area contributed by atoms with Crippen LogP contribution in [0.25, 0.3) is 10.9 Å². The number of hydrogen-bond donors (Lipinski definition) is 2. The van der Waals surface area contributed by atoms with E-state index >= 15 is 4.39 Å². The predicted octanol–water partition coefficient (Wildman–Crippen LogP) is 3.16. The molecule has 1 fully saturated rings. The lowest BCUT2D eigenvalue weighted by Gasteiger charge is -2.31. The maximum atomic E-state index is 15.6. The van der Waals surface area contributed by atoms with E-state index in [1.807, 2.05) is 30.3 Å². The van der Waals surface area contributed by atoms with Gasteiger partial charge < -0.3 is 29.2 Å². The fourth-order valence-corrected chi connectivity index (χ4v) is 4.60. The van der Waals surface area contributed by atoms with E-state index in [-0.39, 0.29) is 54.2 Å². The molecule has 0 radical (unpaired) electrons. The first-order valence-corrected chi connectivity index (χ1v) is 11.7. The van der Waals surface area contributed by atoms with Gasteiger partial charge in [0.15, 0.2) is 5.75 Å². The van der Waals surface area contributed by atoms with Gasteiger partial charge in [0.2, 0.25) is 5.43 Å². The molecule has 1 aliphatic heterocycles. The summed E-state index contributed by atoms with van der Waals surface area (Å²) >= 11 is 0. The van der Waals surface area contributed by atoms with Gasteiger partial charge in [-0.05, 0) is 31.4 Å². The number of aromatic nitrogens is 1. The summed E-state index contributed by atoms with van der Waals surface area (Å²) in [5.74, 6) is -1.47. The number of rotatable bonds is 7. The Bertz CT molecular complexity index is 1400. The van der Waals surface area contributed by atoms with Crippen molar-refractivity contribution >= 4 is 23.0 Å². The number of amides is 1. The number of benzene rings is 2. The molecule has 1 amide bonds. The second kappa shape index (κ2) is 9.27. The lowest BCUT2D eigenvalue weighted by Crippen LogP contribution is -2.38. The average molecular weight is 496 g/mol. The number of alkyl carbamates (subject to hydrolysis) is 1. The number of aliphatic hydroxyl groups excluding tert-OH is 1. The number of carbonyl (C=O) groups is 2. The number of carbonyl (C=O) groups excluding carboxylic acids is 2. The van der Waals surface area contributed by atoms with E-state index in [4.69, 9.17) is 14.2 Å². The summed E-state index contributed by atoms with van der Waals surface area (Å²) in [4.78, 5) is 38.1. The highest BCUT2D eigenvalue weighted by atomic mass is 19.1. The molecule has 1 aliphatic carbocycles. The molecule has 1 atom stereocenters. The molecule has 1 saturated carbocycles. The first-order chi connectivity index (χ1) is 17.4. The molecule has 1 aromatic heterocycles. The maximum Gasteiger partial charge on any atom is 0.408 e. The van der Waals surface area contributed by atoms with Crippen LogP contribution in [0.4, 0.5) is 9.18 Å². The number of nitrogens with one attached hydrogen (secondary N) is 1. The molecule has 0 saturated heterocycles. The van der Waals surface area contributed by atoms with E-state index in [1.54, 1.807) is 11.5 Å². The van der Waals surface area contributed by atoms with Gasteiger partial charge in [-0.3, -0.25) is 4.79 Å². The fraction of sp³-hybridized carbons (Fsp3) is 0.346. The summed E-state index contributed by atoms with van der Waals surface area (Å²) in [7, 11) is 0. The van der Waals surface area contributed by atoms with Crippen LogP contribution in [0.15, 0.2) is 47.4 Å². The molecular weight excluding hydrogens is 471 g/mol. The molecule has 188 valence electrons. The minimum Gasteiger partial charge on any atom is -0.489 e. The summed E-state index contributed by atoms with van der Waals surface area (Å²) in [5, 5.41) is 12.6. The monoisotopic (exact) mass is 496 g/mol. The molecular formula is C26H25FN2O7. The summed E-state index contributed by atoms with van der Waals surface area (Å²) in [6.45, 7) is 1.38. The van der Waals surface area contributed by atoms with Crippen molar-refractivity contribution < 1.29 is 33.3 Å². The molecule has 1 unspecified atom stereocenters. The van der Waals surface area contributed by atoms with Crippen LogP contribution in [0, 0.1) is 5.82 Å². The van der Waals surface area contributed by atoms with Crippen LogP contribution in [0.3, 0.4) is 0 Å². The van der Waals surface area contributed by atoms with E-state index in [9.17, 15) is 19.5 Å². The summed E-state index contributed by atoms with van der Waals surface area (Å²) in [6, 6.07) is 9.61. The fourth-order valence-electron chi connectivity index (χ4n) is 4.60. The highest BCUT2D eigenvalue weighted by Crippen LogP contribution is 2.52. The highest BCUT2D eigenvalue weighted by Gasteiger charge is 2.51. The Morgan fingerprint density at radius 2 is 2.00 bits per heavy atom. The molecule has 5 rings (SSSR count). The van der Waals surface area contributed by atoms with Crippen LogP contribution >= 0.6 is 0 Å². The first kappa shape index (κ1) is 23.8. The molecule has 2 heterocycles. The van der Waals surface area contributed by atoms with Crippen molar-refractivity contribution in [3.63, 3.8) is 0 Å². The zero-order valence-electron chi connectivity index (χ0n) is 19.6. The van der Waals surface area contributed by atoms with Crippen molar-refractivity contribution in [2.75, 3.05) is 19.8 Å². The highest BCUT2D eigenvalue weighted by molar-refractivity contribution is 5.96. The number of ether oxygens (including phenoxy) is 3. The normalized spacial score (nSPS) is 17.2. The Hall–Kier alpha value is -3.92. The van der Waals surface area contributed by atoms with Gasteiger partial charge in [0.1, 0.15) is 24.6 Å². The van der Waals surface area contributed by atoms with E-state index < -0.39 is 34.9 Å². The van der Waals surface area contributed by atoms with Gasteiger partial charge in [0, 0.05) is 6.20 Å². The third-order valence-corrected chi connectivity index (χ3v) is 6.52. The second-order valence-corrected chi connectivity index (χ2v) is 8.87. The lowest BCUT2D eigenvalue weighted by atomic mass is 9.97. The van der Waals surface area contributed by atoms with Gasteiger partial charge in [-0.1, -0.05) is 30.3 Å². The third-order valence-electron chi connectivity index (χ3n) is 6.52. The second-order valence-electron chi connectivity index (χ2n) is 8.87. The lowest BCUT2D eigenvalue weighted by molar-refractivity contribution is 0.0522. The van der Waals surface area contributed by atoms with Crippen molar-refractivity contribution in [3.8, 4) is 5.75 Å². The number of pyridine rings is 1. The molecule has 36 heavy (non-hydrogen) atoms. The molecule has 2 aromatic carbocycles. The van der Waals surface area contributed by atoms with E-state index in [0.29, 0.717) is 12.8 Å². The topological polar surface area (TPSA) is 116 Å². The van der Waals surface area contributed by atoms with Crippen LogP contribution in [-0.4, -0.2) is 41.6 Å². The van der Waals surface area contributed by atoms with Crippen molar-refractivity contribution in [3.05, 3.63) is 75.3 Å². The number of esters is 1. The first-order valence-electron chi connectivity index (χ1n) is 11.7. The zero-order chi connectivity index (χ0) is 25.4. The van der Waals surface area contributed by atoms with Crippen molar-refractivity contribution in [1.29, 1.82) is 0 Å². The Morgan fingerprint density at radius 1 is 1.25 bits per heavy atom. The van der Waals surface area contributed by atoms with Crippen molar-refractivity contribution in [1.82, 2.24) is 9.88 Å². The quantitative estimate of drug-likeness (QED) is 0.483. The van der Waals surface area contributed by atoms with Gasteiger partial charge in [-0.2, -0.15) is 0 Å². The molecule has 3 aromatic rings. The van der Waals surface area contributed by atoms with E-state index in [1.165, 1.54) is 6.20 Å². The average Bonchev–Trinajstić information content (AvgIpc) is 3.64. The standard InChI is InChI=1S/C26H25FN2O7/c1-2-34-24(32)18-11-29-16(12-30)14-35-23-20(19(27)10-17(21(23)29)22(18)31)26(8-9-26)28-25(33)36-13-15-6-4-3-5-7-15/h3-7,10-11,16,30H,2,8-9,12-14H2,1H3,(H,28,33). The molecule has 0 spiro atoms. The van der Waals surface area contributed by atoms with Crippen LogP contribution in [-0.2, 0) is 21.6 Å². The van der Waals surface area contributed by atoms with Crippen LogP contribution in [0.2, 0.25) is 0 Å². The van der Waals surface area contributed by atoms with Gasteiger partial charge in [0.05, 0.1) is 41.3 Å². The van der Waals surface area contributed by atoms with Gasteiger partial charge in [-0.15, -0.1) is 0 Å². The third kappa shape index (κ3) is 4.07. The largest absolute Gasteiger partial charge is 0.489 e.